The maximum Gasteiger partial charge on any atom is 0.138 e. The Morgan fingerprint density at radius 1 is 1.53 bits per heavy atom. The Labute approximate surface area is 114 Å². The summed E-state index contributed by atoms with van der Waals surface area (Å²) >= 11 is 0. The molecule has 3 N–H and O–H groups in total. The van der Waals surface area contributed by atoms with Gasteiger partial charge in [0.15, 0.2) is 0 Å². The van der Waals surface area contributed by atoms with Crippen LogP contribution in [-0.4, -0.2) is 24.3 Å². The number of hydrazine groups is 1. The van der Waals surface area contributed by atoms with Crippen LogP contribution >= 0.6 is 0 Å². The molecule has 0 aromatic carbocycles. The van der Waals surface area contributed by atoms with E-state index in [-0.39, 0.29) is 12.1 Å². The molecule has 1 aromatic rings. The van der Waals surface area contributed by atoms with Crippen molar-refractivity contribution in [1.82, 2.24) is 10.4 Å². The molecule has 1 aliphatic rings. The minimum absolute atomic E-state index is 0.0925. The highest BCUT2D eigenvalue weighted by Crippen LogP contribution is 2.27. The average Bonchev–Trinajstić information content (AvgIpc) is 2.88. The van der Waals surface area contributed by atoms with Gasteiger partial charge in [0.05, 0.1) is 12.3 Å². The standard InChI is InChI=1S/C14H23N3O2/c1-10(2)19-13-6-12(7-16-8-13)14(17-15)5-11-3-4-18-9-11/h6-8,10-11,14,17H,3-5,9,15H2,1-2H3. The van der Waals surface area contributed by atoms with Crippen LogP contribution in [0, 0.1) is 5.92 Å². The molecule has 5 nitrogen and oxygen atoms in total. The number of nitrogens with zero attached hydrogens (tertiary/aromatic N) is 1. The van der Waals surface area contributed by atoms with Gasteiger partial charge in [-0.1, -0.05) is 0 Å². The van der Waals surface area contributed by atoms with E-state index < -0.39 is 0 Å². The van der Waals surface area contributed by atoms with Crippen molar-refractivity contribution in [2.24, 2.45) is 11.8 Å². The van der Waals surface area contributed by atoms with Crippen molar-refractivity contribution >= 4 is 0 Å². The van der Waals surface area contributed by atoms with Crippen molar-refractivity contribution in [2.75, 3.05) is 13.2 Å². The lowest BCUT2D eigenvalue weighted by molar-refractivity contribution is 0.181. The molecule has 19 heavy (non-hydrogen) atoms. The molecule has 1 aromatic heterocycles. The molecule has 1 saturated heterocycles. The summed E-state index contributed by atoms with van der Waals surface area (Å²) < 4.78 is 11.1. The first-order chi connectivity index (χ1) is 9.19. The third-order valence-corrected chi connectivity index (χ3v) is 3.30. The Bertz CT molecular complexity index is 392. The van der Waals surface area contributed by atoms with E-state index in [9.17, 15) is 0 Å². The first-order valence-corrected chi connectivity index (χ1v) is 6.84. The number of pyridine rings is 1. The summed E-state index contributed by atoms with van der Waals surface area (Å²) in [6.45, 7) is 5.69. The van der Waals surface area contributed by atoms with E-state index in [0.717, 1.165) is 37.4 Å². The van der Waals surface area contributed by atoms with Gasteiger partial charge in [-0.05, 0) is 44.2 Å². The molecule has 1 aliphatic heterocycles. The lowest BCUT2D eigenvalue weighted by Gasteiger charge is -2.20. The highest BCUT2D eigenvalue weighted by molar-refractivity contribution is 5.26. The summed E-state index contributed by atoms with van der Waals surface area (Å²) in [7, 11) is 0. The fourth-order valence-corrected chi connectivity index (χ4v) is 2.37. The van der Waals surface area contributed by atoms with Crippen molar-refractivity contribution in [3.63, 3.8) is 0 Å². The zero-order valence-electron chi connectivity index (χ0n) is 11.6. The normalized spacial score (nSPS) is 20.7. The fourth-order valence-electron chi connectivity index (χ4n) is 2.37. The Morgan fingerprint density at radius 3 is 3.00 bits per heavy atom. The van der Waals surface area contributed by atoms with Gasteiger partial charge in [0.2, 0.25) is 0 Å². The van der Waals surface area contributed by atoms with Crippen molar-refractivity contribution in [2.45, 2.75) is 38.8 Å². The van der Waals surface area contributed by atoms with Gasteiger partial charge >= 0.3 is 0 Å². The van der Waals surface area contributed by atoms with Crippen LogP contribution in [0.25, 0.3) is 0 Å². The van der Waals surface area contributed by atoms with Gasteiger partial charge in [0.1, 0.15) is 5.75 Å². The molecule has 0 spiro atoms. The van der Waals surface area contributed by atoms with Crippen LogP contribution in [0.5, 0.6) is 5.75 Å². The zero-order valence-corrected chi connectivity index (χ0v) is 11.6. The summed E-state index contributed by atoms with van der Waals surface area (Å²) in [4.78, 5) is 4.23. The SMILES string of the molecule is CC(C)Oc1cncc(C(CC2CCOC2)NN)c1. The second-order valence-electron chi connectivity index (χ2n) is 5.31. The molecular weight excluding hydrogens is 242 g/mol. The van der Waals surface area contributed by atoms with Crippen molar-refractivity contribution in [1.29, 1.82) is 0 Å². The Balaban J connectivity index is 2.04. The minimum atomic E-state index is 0.0925. The summed E-state index contributed by atoms with van der Waals surface area (Å²) in [5.41, 5.74) is 3.94. The molecule has 106 valence electrons. The lowest BCUT2D eigenvalue weighted by Crippen LogP contribution is -2.30. The lowest BCUT2D eigenvalue weighted by atomic mass is 9.95. The average molecular weight is 265 g/mol. The van der Waals surface area contributed by atoms with Crippen LogP contribution in [0.1, 0.15) is 38.3 Å². The third kappa shape index (κ3) is 4.16. The number of hydrogen-bond acceptors (Lipinski definition) is 5. The van der Waals surface area contributed by atoms with Crippen LogP contribution in [0.15, 0.2) is 18.5 Å². The monoisotopic (exact) mass is 265 g/mol. The zero-order chi connectivity index (χ0) is 13.7. The molecule has 0 saturated carbocycles. The predicted molar refractivity (Wildman–Crippen MR) is 73.6 cm³/mol. The predicted octanol–water partition coefficient (Wildman–Crippen LogP) is 1.80. The van der Waals surface area contributed by atoms with Crippen LogP contribution in [0.4, 0.5) is 0 Å². The molecule has 2 atom stereocenters. The van der Waals surface area contributed by atoms with E-state index in [2.05, 4.69) is 10.4 Å². The second-order valence-corrected chi connectivity index (χ2v) is 5.31. The van der Waals surface area contributed by atoms with E-state index in [0.29, 0.717) is 5.92 Å². The van der Waals surface area contributed by atoms with Gasteiger partial charge in [0.25, 0.3) is 0 Å². The third-order valence-electron chi connectivity index (χ3n) is 3.30. The largest absolute Gasteiger partial charge is 0.489 e. The molecule has 0 radical (unpaired) electrons. The topological polar surface area (TPSA) is 69.4 Å². The van der Waals surface area contributed by atoms with Crippen LogP contribution in [0.2, 0.25) is 0 Å². The van der Waals surface area contributed by atoms with Gasteiger partial charge in [0, 0.05) is 25.5 Å². The second kappa shape index (κ2) is 6.84. The van der Waals surface area contributed by atoms with Gasteiger partial charge in [-0.2, -0.15) is 0 Å². The first-order valence-electron chi connectivity index (χ1n) is 6.84. The summed E-state index contributed by atoms with van der Waals surface area (Å²) in [6.07, 6.45) is 5.78. The molecule has 2 heterocycles. The molecule has 0 amide bonds. The van der Waals surface area contributed by atoms with Crippen molar-refractivity contribution in [3.05, 3.63) is 24.0 Å². The molecular formula is C14H23N3O2. The van der Waals surface area contributed by atoms with E-state index in [1.54, 1.807) is 6.20 Å². The molecule has 2 unspecified atom stereocenters. The van der Waals surface area contributed by atoms with Crippen molar-refractivity contribution < 1.29 is 9.47 Å². The van der Waals surface area contributed by atoms with Crippen LogP contribution in [-0.2, 0) is 4.74 Å². The van der Waals surface area contributed by atoms with Gasteiger partial charge in [-0.15, -0.1) is 0 Å². The fraction of sp³-hybridized carbons (Fsp3) is 0.643. The summed E-state index contributed by atoms with van der Waals surface area (Å²) in [5, 5.41) is 0. The molecule has 1 fully saturated rings. The summed E-state index contributed by atoms with van der Waals surface area (Å²) in [6, 6.07) is 2.10. The van der Waals surface area contributed by atoms with Gasteiger partial charge in [-0.25, -0.2) is 0 Å². The molecule has 0 aliphatic carbocycles. The van der Waals surface area contributed by atoms with Crippen LogP contribution in [0.3, 0.4) is 0 Å². The Morgan fingerprint density at radius 2 is 2.37 bits per heavy atom. The van der Waals surface area contributed by atoms with Crippen LogP contribution < -0.4 is 16.0 Å². The van der Waals surface area contributed by atoms with E-state index >= 15 is 0 Å². The number of aromatic nitrogens is 1. The number of rotatable bonds is 6. The van der Waals surface area contributed by atoms with E-state index in [4.69, 9.17) is 15.3 Å². The highest BCUT2D eigenvalue weighted by atomic mass is 16.5. The number of ether oxygens (including phenoxy) is 2. The first kappa shape index (κ1) is 14.2. The maximum atomic E-state index is 5.67. The molecule has 2 rings (SSSR count). The van der Waals surface area contributed by atoms with Gasteiger partial charge < -0.3 is 9.47 Å². The number of hydrogen-bond donors (Lipinski definition) is 2. The Kier molecular flexibility index (Phi) is 5.13. The molecule has 0 bridgehead atoms. The maximum absolute atomic E-state index is 5.67. The van der Waals surface area contributed by atoms with E-state index in [1.165, 1.54) is 0 Å². The van der Waals surface area contributed by atoms with Crippen molar-refractivity contribution in [3.8, 4) is 5.75 Å². The number of nitrogens with two attached hydrogens (primary N) is 1. The van der Waals surface area contributed by atoms with E-state index in [1.807, 2.05) is 26.1 Å². The number of nitrogens with one attached hydrogen (secondary N) is 1. The smallest absolute Gasteiger partial charge is 0.138 e. The minimum Gasteiger partial charge on any atom is -0.489 e. The highest BCUT2D eigenvalue weighted by Gasteiger charge is 2.21. The quantitative estimate of drug-likeness (QED) is 0.606. The summed E-state index contributed by atoms with van der Waals surface area (Å²) in [5.74, 6) is 7.03. The van der Waals surface area contributed by atoms with Gasteiger partial charge in [-0.3, -0.25) is 16.3 Å². The molecule has 5 heteroatoms. The Hall–Kier alpha value is -1.17.